The van der Waals surface area contributed by atoms with E-state index in [0.29, 0.717) is 10.2 Å². The molecular weight excluding hydrogens is 411 g/mol. The highest BCUT2D eigenvalue weighted by atomic mass is 127. The van der Waals surface area contributed by atoms with Gasteiger partial charge in [-0.2, -0.15) is 0 Å². The molecule has 2 aromatic rings. The van der Waals surface area contributed by atoms with Gasteiger partial charge in [-0.05, 0) is 31.2 Å². The summed E-state index contributed by atoms with van der Waals surface area (Å²) in [4.78, 5) is 0.267. The summed E-state index contributed by atoms with van der Waals surface area (Å²) in [6.45, 7) is 1.92. The molecule has 0 amide bonds. The highest BCUT2D eigenvalue weighted by Crippen LogP contribution is 2.22. The Bertz CT molecular complexity index is 718. The molecule has 0 fully saturated rings. The van der Waals surface area contributed by atoms with E-state index in [1.54, 1.807) is 36.4 Å². The van der Waals surface area contributed by atoms with Crippen molar-refractivity contribution in [3.8, 4) is 0 Å². The molecule has 4 nitrogen and oxygen atoms in total. The van der Waals surface area contributed by atoms with Gasteiger partial charge in [0.15, 0.2) is 0 Å². The fourth-order valence-electron chi connectivity index (χ4n) is 1.91. The molecule has 0 aliphatic heterocycles. The molecule has 0 saturated carbocycles. The maximum absolute atomic E-state index is 12.3. The molecule has 22 heavy (non-hydrogen) atoms. The van der Waals surface area contributed by atoms with Crippen LogP contribution in [0.5, 0.6) is 0 Å². The van der Waals surface area contributed by atoms with Gasteiger partial charge in [0.1, 0.15) is 5.69 Å². The van der Waals surface area contributed by atoms with Crippen LogP contribution in [-0.4, -0.2) is 29.6 Å². The average Bonchev–Trinajstić information content (AvgIpc) is 2.38. The average molecular weight is 432 g/mol. The third-order valence-corrected chi connectivity index (χ3v) is 4.62. The summed E-state index contributed by atoms with van der Waals surface area (Å²) in [5.74, 6) is 0. The molecule has 0 spiro atoms. The van der Waals surface area contributed by atoms with Crippen molar-refractivity contribution in [1.29, 1.82) is 0 Å². The van der Waals surface area contributed by atoms with E-state index >= 15 is 0 Å². The molecule has 2 aromatic carbocycles. The van der Waals surface area contributed by atoms with Crippen LogP contribution in [0.15, 0.2) is 53.4 Å². The van der Waals surface area contributed by atoms with E-state index in [1.165, 1.54) is 0 Å². The number of quaternary nitrogens is 1. The van der Waals surface area contributed by atoms with Gasteiger partial charge in [0.05, 0.1) is 26.0 Å². The van der Waals surface area contributed by atoms with Crippen molar-refractivity contribution in [2.24, 2.45) is 0 Å². The van der Waals surface area contributed by atoms with Crippen LogP contribution in [0.4, 0.5) is 11.4 Å². The van der Waals surface area contributed by atoms with Crippen LogP contribution in [0, 0.1) is 6.92 Å². The number of anilines is 1. The summed E-state index contributed by atoms with van der Waals surface area (Å²) < 4.78 is 27.8. The SMILES string of the molecule is Cc1ccc(S(=O)(=O)Nc2ccc([N+](C)(C)C)cc2)cc1.[I-]. The lowest BCUT2D eigenvalue weighted by molar-refractivity contribution is -0.00000703. The van der Waals surface area contributed by atoms with Crippen molar-refractivity contribution < 1.29 is 32.4 Å². The summed E-state index contributed by atoms with van der Waals surface area (Å²) in [5.41, 5.74) is 2.70. The van der Waals surface area contributed by atoms with Crippen LogP contribution in [0.3, 0.4) is 0 Å². The first kappa shape index (κ1) is 18.9. The van der Waals surface area contributed by atoms with Gasteiger partial charge in [0.2, 0.25) is 0 Å². The number of nitrogens with zero attached hydrogens (tertiary/aromatic N) is 1. The van der Waals surface area contributed by atoms with Gasteiger partial charge in [-0.15, -0.1) is 0 Å². The molecule has 0 aliphatic carbocycles. The normalized spacial score (nSPS) is 11.6. The van der Waals surface area contributed by atoms with Gasteiger partial charge in [-0.3, -0.25) is 9.21 Å². The minimum Gasteiger partial charge on any atom is -1.00 e. The molecular formula is C16H21IN2O2S. The molecule has 120 valence electrons. The summed E-state index contributed by atoms with van der Waals surface area (Å²) in [6, 6.07) is 14.2. The lowest BCUT2D eigenvalue weighted by atomic mass is 10.2. The van der Waals surface area contributed by atoms with Gasteiger partial charge in [0, 0.05) is 17.8 Å². The number of hydrogen-bond donors (Lipinski definition) is 1. The molecule has 0 atom stereocenters. The van der Waals surface area contributed by atoms with Gasteiger partial charge in [-0.1, -0.05) is 17.7 Å². The highest BCUT2D eigenvalue weighted by molar-refractivity contribution is 7.92. The van der Waals surface area contributed by atoms with Gasteiger partial charge >= 0.3 is 0 Å². The van der Waals surface area contributed by atoms with Crippen LogP contribution in [-0.2, 0) is 10.0 Å². The van der Waals surface area contributed by atoms with Crippen molar-refractivity contribution in [3.63, 3.8) is 0 Å². The van der Waals surface area contributed by atoms with Gasteiger partial charge < -0.3 is 24.0 Å². The van der Waals surface area contributed by atoms with E-state index in [1.807, 2.05) is 19.1 Å². The molecule has 1 N–H and O–H groups in total. The molecule has 2 rings (SSSR count). The lowest BCUT2D eigenvalue weighted by Crippen LogP contribution is -3.00. The number of sulfonamides is 1. The third kappa shape index (κ3) is 4.69. The van der Waals surface area contributed by atoms with E-state index in [9.17, 15) is 8.42 Å². The number of hydrogen-bond acceptors (Lipinski definition) is 2. The summed E-state index contributed by atoms with van der Waals surface area (Å²) in [5, 5.41) is 0. The van der Waals surface area contributed by atoms with Crippen molar-refractivity contribution >= 4 is 21.4 Å². The minimum atomic E-state index is -3.53. The Morgan fingerprint density at radius 1 is 0.864 bits per heavy atom. The fourth-order valence-corrected chi connectivity index (χ4v) is 2.97. The topological polar surface area (TPSA) is 46.2 Å². The molecule has 0 bridgehead atoms. The van der Waals surface area contributed by atoms with Crippen molar-refractivity contribution in [3.05, 3.63) is 54.1 Å². The predicted octanol–water partition coefficient (Wildman–Crippen LogP) is -0.00348. The summed E-state index contributed by atoms with van der Waals surface area (Å²) in [7, 11) is 2.65. The lowest BCUT2D eigenvalue weighted by Gasteiger charge is -2.23. The van der Waals surface area contributed by atoms with E-state index in [-0.39, 0.29) is 28.9 Å². The zero-order valence-corrected chi connectivity index (χ0v) is 16.1. The quantitative estimate of drug-likeness (QED) is 0.546. The monoisotopic (exact) mass is 432 g/mol. The van der Waals surface area contributed by atoms with Gasteiger partial charge in [-0.25, -0.2) is 8.42 Å². The first-order valence-electron chi connectivity index (χ1n) is 6.70. The second kappa shape index (κ2) is 6.97. The molecule has 0 unspecified atom stereocenters. The molecule has 0 radical (unpaired) electrons. The number of benzene rings is 2. The molecule has 0 aromatic heterocycles. The Morgan fingerprint density at radius 3 is 1.82 bits per heavy atom. The molecule has 6 heteroatoms. The number of aryl methyl sites for hydroxylation is 1. The van der Waals surface area contributed by atoms with Gasteiger partial charge in [0.25, 0.3) is 10.0 Å². The van der Waals surface area contributed by atoms with E-state index < -0.39 is 10.0 Å². The predicted molar refractivity (Wildman–Crippen MR) is 88.0 cm³/mol. The molecule has 0 heterocycles. The maximum Gasteiger partial charge on any atom is 0.261 e. The summed E-state index contributed by atoms with van der Waals surface area (Å²) in [6.07, 6.45) is 0. The Labute approximate surface area is 149 Å². The fraction of sp³-hybridized carbons (Fsp3) is 0.250. The van der Waals surface area contributed by atoms with Crippen molar-refractivity contribution in [1.82, 2.24) is 4.48 Å². The maximum atomic E-state index is 12.3. The van der Waals surface area contributed by atoms with Crippen LogP contribution >= 0.6 is 0 Å². The highest BCUT2D eigenvalue weighted by Gasteiger charge is 2.15. The first-order valence-corrected chi connectivity index (χ1v) is 8.18. The van der Waals surface area contributed by atoms with E-state index in [4.69, 9.17) is 0 Å². The number of rotatable bonds is 4. The Morgan fingerprint density at radius 2 is 1.36 bits per heavy atom. The van der Waals surface area contributed by atoms with Crippen LogP contribution in [0.1, 0.15) is 5.56 Å². The molecule has 0 saturated heterocycles. The van der Waals surface area contributed by atoms with Crippen LogP contribution < -0.4 is 33.2 Å². The largest absolute Gasteiger partial charge is 1.00 e. The Kier molecular flexibility index (Phi) is 6.00. The smallest absolute Gasteiger partial charge is 0.261 e. The van der Waals surface area contributed by atoms with Crippen LogP contribution in [0.2, 0.25) is 0 Å². The Balaban J connectivity index is 0.00000242. The first-order chi connectivity index (χ1) is 9.68. The second-order valence-corrected chi connectivity index (χ2v) is 7.66. The number of halogens is 1. The third-order valence-electron chi connectivity index (χ3n) is 3.23. The zero-order valence-electron chi connectivity index (χ0n) is 13.2. The van der Waals surface area contributed by atoms with E-state index in [0.717, 1.165) is 11.3 Å². The Hall–Kier alpha value is -1.12. The van der Waals surface area contributed by atoms with Crippen molar-refractivity contribution in [2.45, 2.75) is 11.8 Å². The number of nitrogens with one attached hydrogen (secondary N) is 1. The zero-order chi connectivity index (χ0) is 15.7. The van der Waals surface area contributed by atoms with Crippen LogP contribution in [0.25, 0.3) is 0 Å². The van der Waals surface area contributed by atoms with Crippen molar-refractivity contribution in [2.75, 3.05) is 25.9 Å². The standard InChI is InChI=1S/C16H21N2O2S.HI/c1-13-5-11-16(12-6-13)21(19,20)17-14-7-9-15(10-8-14)18(2,3)4;/h5-12,17H,1-4H3;1H/q+1;/p-1. The van der Waals surface area contributed by atoms with E-state index in [2.05, 4.69) is 25.9 Å². The second-order valence-electron chi connectivity index (χ2n) is 5.98. The summed E-state index contributed by atoms with van der Waals surface area (Å²) >= 11 is 0. The molecule has 0 aliphatic rings. The minimum absolute atomic E-state index is 0.